The summed E-state index contributed by atoms with van der Waals surface area (Å²) in [5.74, 6) is 1.31. The number of ether oxygens (including phenoxy) is 1. The van der Waals surface area contributed by atoms with E-state index in [1.165, 1.54) is 5.56 Å². The van der Waals surface area contributed by atoms with Crippen molar-refractivity contribution in [2.75, 3.05) is 18.9 Å². The molecule has 0 bridgehead atoms. The molecule has 0 aliphatic rings. The number of hydrogen-bond donors (Lipinski definition) is 2. The summed E-state index contributed by atoms with van der Waals surface area (Å²) >= 11 is 0. The number of nitrogens with one attached hydrogen (secondary N) is 1. The van der Waals surface area contributed by atoms with Crippen LogP contribution in [0.3, 0.4) is 0 Å². The highest BCUT2D eigenvalue weighted by Gasteiger charge is 2.03. The quantitative estimate of drug-likeness (QED) is 0.594. The van der Waals surface area contributed by atoms with E-state index in [1.807, 2.05) is 24.3 Å². The van der Waals surface area contributed by atoms with E-state index >= 15 is 0 Å². The van der Waals surface area contributed by atoms with Crippen LogP contribution in [0.15, 0.2) is 48.5 Å². The zero-order valence-electron chi connectivity index (χ0n) is 14.1. The fraction of sp³-hybridized carbons (Fsp3) is 0.316. The summed E-state index contributed by atoms with van der Waals surface area (Å²) in [5, 5.41) is 2.85. The predicted molar refractivity (Wildman–Crippen MR) is 101 cm³/mol. The van der Waals surface area contributed by atoms with Gasteiger partial charge in [0.15, 0.2) is 0 Å². The maximum absolute atomic E-state index is 11.8. The molecule has 2 aromatic carbocycles. The van der Waals surface area contributed by atoms with Gasteiger partial charge in [-0.1, -0.05) is 38.1 Å². The normalized spacial score (nSPS) is 10.1. The van der Waals surface area contributed by atoms with Gasteiger partial charge in [0.2, 0.25) is 5.91 Å². The molecular formula is C19H25ClN2O2. The molecule has 2 aromatic rings. The van der Waals surface area contributed by atoms with E-state index < -0.39 is 0 Å². The molecule has 0 fully saturated rings. The summed E-state index contributed by atoms with van der Waals surface area (Å²) in [6.45, 7) is 5.26. The van der Waals surface area contributed by atoms with E-state index in [0.717, 1.165) is 11.3 Å². The zero-order valence-corrected chi connectivity index (χ0v) is 14.9. The average molecular weight is 349 g/mol. The number of amides is 1. The molecule has 2 rings (SSSR count). The van der Waals surface area contributed by atoms with Gasteiger partial charge in [-0.05, 0) is 41.3 Å². The molecule has 24 heavy (non-hydrogen) atoms. The second kappa shape index (κ2) is 9.83. The fourth-order valence-corrected chi connectivity index (χ4v) is 2.19. The van der Waals surface area contributed by atoms with Gasteiger partial charge in [-0.3, -0.25) is 4.79 Å². The third-order valence-corrected chi connectivity index (χ3v) is 3.58. The second-order valence-corrected chi connectivity index (χ2v) is 5.84. The highest BCUT2D eigenvalue weighted by atomic mass is 35.5. The number of carbonyl (C=O) groups is 1. The average Bonchev–Trinajstić information content (AvgIpc) is 2.54. The number of hydrogen-bond acceptors (Lipinski definition) is 3. The highest BCUT2D eigenvalue weighted by Crippen LogP contribution is 2.18. The lowest BCUT2D eigenvalue weighted by Crippen LogP contribution is -2.29. The van der Waals surface area contributed by atoms with Gasteiger partial charge in [-0.25, -0.2) is 0 Å². The predicted octanol–water partition coefficient (Wildman–Crippen LogP) is 3.55. The lowest BCUT2D eigenvalue weighted by molar-refractivity contribution is -0.120. The van der Waals surface area contributed by atoms with Crippen molar-refractivity contribution in [2.45, 2.75) is 26.2 Å². The third kappa shape index (κ3) is 6.50. The minimum atomic E-state index is -0.0199. The Morgan fingerprint density at radius 1 is 1.08 bits per heavy atom. The van der Waals surface area contributed by atoms with E-state index in [2.05, 4.69) is 31.3 Å². The van der Waals surface area contributed by atoms with Crippen LogP contribution in [0.5, 0.6) is 5.75 Å². The summed E-state index contributed by atoms with van der Waals surface area (Å²) in [6.07, 6.45) is 0.351. The summed E-state index contributed by atoms with van der Waals surface area (Å²) in [4.78, 5) is 11.8. The van der Waals surface area contributed by atoms with Crippen LogP contribution >= 0.6 is 12.4 Å². The third-order valence-electron chi connectivity index (χ3n) is 3.58. The van der Waals surface area contributed by atoms with E-state index in [0.29, 0.717) is 31.2 Å². The van der Waals surface area contributed by atoms with Crippen molar-refractivity contribution in [3.05, 3.63) is 59.7 Å². The van der Waals surface area contributed by atoms with Crippen LogP contribution in [0.4, 0.5) is 5.69 Å². The molecule has 0 aliphatic heterocycles. The van der Waals surface area contributed by atoms with Gasteiger partial charge in [-0.2, -0.15) is 0 Å². The summed E-state index contributed by atoms with van der Waals surface area (Å²) < 4.78 is 5.63. The lowest BCUT2D eigenvalue weighted by atomic mass is 10.0. The molecule has 0 aromatic heterocycles. The van der Waals surface area contributed by atoms with Gasteiger partial charge >= 0.3 is 0 Å². The van der Waals surface area contributed by atoms with Crippen LogP contribution in [-0.4, -0.2) is 19.1 Å². The summed E-state index contributed by atoms with van der Waals surface area (Å²) in [5.41, 5.74) is 8.55. The Labute approximate surface area is 149 Å². The number of rotatable bonds is 7. The minimum absolute atomic E-state index is 0. The molecule has 0 atom stereocenters. The molecule has 0 saturated carbocycles. The van der Waals surface area contributed by atoms with Crippen molar-refractivity contribution in [2.24, 2.45) is 0 Å². The van der Waals surface area contributed by atoms with Crippen LogP contribution < -0.4 is 15.8 Å². The molecule has 0 saturated heterocycles. The largest absolute Gasteiger partial charge is 0.492 e. The molecule has 0 aliphatic carbocycles. The molecule has 3 N–H and O–H groups in total. The fourth-order valence-electron chi connectivity index (χ4n) is 2.19. The van der Waals surface area contributed by atoms with Crippen molar-refractivity contribution < 1.29 is 9.53 Å². The smallest absolute Gasteiger partial charge is 0.224 e. The standard InChI is InChI=1S/C19H24N2O2.ClH/c1-14(2)16-5-9-18(10-6-16)23-12-11-21-19(22)13-15-3-7-17(20)8-4-15;/h3-10,14H,11-13,20H2,1-2H3,(H,21,22);1H. The summed E-state index contributed by atoms with van der Waals surface area (Å²) in [6, 6.07) is 15.4. The van der Waals surface area contributed by atoms with Crippen molar-refractivity contribution in [3.8, 4) is 5.75 Å². The van der Waals surface area contributed by atoms with Crippen LogP contribution in [-0.2, 0) is 11.2 Å². The van der Waals surface area contributed by atoms with Crippen LogP contribution in [0.1, 0.15) is 30.9 Å². The van der Waals surface area contributed by atoms with Crippen molar-refractivity contribution in [1.29, 1.82) is 0 Å². The molecular weight excluding hydrogens is 324 g/mol. The van der Waals surface area contributed by atoms with Crippen LogP contribution in [0.25, 0.3) is 0 Å². The number of nitrogens with two attached hydrogens (primary N) is 1. The van der Waals surface area contributed by atoms with Gasteiger partial charge in [0.05, 0.1) is 13.0 Å². The zero-order chi connectivity index (χ0) is 16.7. The van der Waals surface area contributed by atoms with E-state index in [1.54, 1.807) is 12.1 Å². The Hall–Kier alpha value is -2.20. The van der Waals surface area contributed by atoms with Crippen molar-refractivity contribution in [3.63, 3.8) is 0 Å². The lowest BCUT2D eigenvalue weighted by Gasteiger charge is -2.10. The number of nitrogen functional groups attached to an aromatic ring is 1. The van der Waals surface area contributed by atoms with Crippen molar-refractivity contribution >= 4 is 24.0 Å². The number of anilines is 1. The van der Waals surface area contributed by atoms with Crippen LogP contribution in [0.2, 0.25) is 0 Å². The van der Waals surface area contributed by atoms with Crippen molar-refractivity contribution in [1.82, 2.24) is 5.32 Å². The van der Waals surface area contributed by atoms with Gasteiger partial charge in [0.25, 0.3) is 0 Å². The topological polar surface area (TPSA) is 64.3 Å². The Balaban J connectivity index is 0.00000288. The maximum atomic E-state index is 11.8. The first-order valence-electron chi connectivity index (χ1n) is 7.88. The molecule has 0 spiro atoms. The second-order valence-electron chi connectivity index (χ2n) is 5.84. The Kier molecular flexibility index (Phi) is 8.13. The highest BCUT2D eigenvalue weighted by molar-refractivity contribution is 5.85. The Morgan fingerprint density at radius 3 is 2.29 bits per heavy atom. The number of halogens is 1. The molecule has 1 amide bonds. The van der Waals surface area contributed by atoms with Gasteiger partial charge in [0.1, 0.15) is 12.4 Å². The molecule has 0 radical (unpaired) electrons. The van der Waals surface area contributed by atoms with E-state index in [9.17, 15) is 4.79 Å². The maximum Gasteiger partial charge on any atom is 0.224 e. The molecule has 0 unspecified atom stereocenters. The van der Waals surface area contributed by atoms with E-state index in [-0.39, 0.29) is 18.3 Å². The van der Waals surface area contributed by atoms with Gasteiger partial charge < -0.3 is 15.8 Å². The van der Waals surface area contributed by atoms with Crippen LogP contribution in [0, 0.1) is 0 Å². The van der Waals surface area contributed by atoms with Gasteiger partial charge in [-0.15, -0.1) is 12.4 Å². The molecule has 4 nitrogen and oxygen atoms in total. The SMILES string of the molecule is CC(C)c1ccc(OCCNC(=O)Cc2ccc(N)cc2)cc1.Cl. The Bertz CT molecular complexity index is 625. The monoisotopic (exact) mass is 348 g/mol. The summed E-state index contributed by atoms with van der Waals surface area (Å²) in [7, 11) is 0. The number of carbonyl (C=O) groups excluding carboxylic acids is 1. The first-order chi connectivity index (χ1) is 11.0. The first-order valence-corrected chi connectivity index (χ1v) is 7.88. The number of benzene rings is 2. The minimum Gasteiger partial charge on any atom is -0.492 e. The molecule has 0 heterocycles. The van der Waals surface area contributed by atoms with Gasteiger partial charge in [0, 0.05) is 5.69 Å². The van der Waals surface area contributed by atoms with E-state index in [4.69, 9.17) is 10.5 Å². The molecule has 130 valence electrons. The molecule has 5 heteroatoms. The first kappa shape index (κ1) is 19.8. The Morgan fingerprint density at radius 2 is 1.71 bits per heavy atom.